The van der Waals surface area contributed by atoms with E-state index in [0.29, 0.717) is 5.15 Å². The monoisotopic (exact) mass is 400 g/mol. The number of nitrogens with zero attached hydrogens (tertiary/aromatic N) is 3. The van der Waals surface area contributed by atoms with Crippen LogP contribution in [0.25, 0.3) is 10.9 Å². The van der Waals surface area contributed by atoms with E-state index in [-0.39, 0.29) is 0 Å². The fourth-order valence-corrected chi connectivity index (χ4v) is 3.93. The lowest BCUT2D eigenvalue weighted by Crippen LogP contribution is -2.47. The van der Waals surface area contributed by atoms with Gasteiger partial charge in [0.25, 0.3) is 0 Å². The van der Waals surface area contributed by atoms with Gasteiger partial charge in [0.2, 0.25) is 0 Å². The summed E-state index contributed by atoms with van der Waals surface area (Å²) in [6.07, 6.45) is 3.08. The zero-order valence-electron chi connectivity index (χ0n) is 16.2. The number of H-pyrrole nitrogens is 1. The van der Waals surface area contributed by atoms with Crippen molar-refractivity contribution in [3.8, 4) is 11.5 Å². The fraction of sp³-hybridized carbons (Fsp3) is 0.381. The third-order valence-electron chi connectivity index (χ3n) is 5.37. The average Bonchev–Trinajstić information content (AvgIpc) is 3.13. The van der Waals surface area contributed by atoms with E-state index in [1.165, 1.54) is 10.9 Å². The van der Waals surface area contributed by atoms with Gasteiger partial charge in [0.05, 0.1) is 14.2 Å². The summed E-state index contributed by atoms with van der Waals surface area (Å²) in [5.74, 6) is 2.47. The summed E-state index contributed by atoms with van der Waals surface area (Å²) in [6.45, 7) is 5.00. The first-order valence-electron chi connectivity index (χ1n) is 9.50. The van der Waals surface area contributed by atoms with E-state index in [2.05, 4.69) is 32.0 Å². The molecule has 0 radical (unpaired) electrons. The Kier molecular flexibility index (Phi) is 5.59. The van der Waals surface area contributed by atoms with E-state index < -0.39 is 0 Å². The molecule has 1 N–H and O–H groups in total. The molecule has 1 aromatic carbocycles. The Balaban J connectivity index is 1.38. The van der Waals surface area contributed by atoms with Crippen LogP contribution in [0, 0.1) is 0 Å². The number of halogens is 1. The van der Waals surface area contributed by atoms with E-state index in [1.54, 1.807) is 14.2 Å². The number of pyridine rings is 1. The first-order valence-corrected chi connectivity index (χ1v) is 9.87. The van der Waals surface area contributed by atoms with Crippen molar-refractivity contribution in [2.75, 3.05) is 51.8 Å². The van der Waals surface area contributed by atoms with Crippen LogP contribution in [0.2, 0.25) is 5.15 Å². The normalized spacial score (nSPS) is 15.2. The molecule has 28 heavy (non-hydrogen) atoms. The van der Waals surface area contributed by atoms with E-state index in [1.807, 2.05) is 24.3 Å². The van der Waals surface area contributed by atoms with Crippen molar-refractivity contribution in [1.82, 2.24) is 14.9 Å². The molecule has 0 spiro atoms. The molecule has 0 amide bonds. The maximum atomic E-state index is 6.02. The Morgan fingerprint density at radius 1 is 1.07 bits per heavy atom. The van der Waals surface area contributed by atoms with Gasteiger partial charge in [-0.15, -0.1) is 0 Å². The number of piperazine rings is 1. The molecule has 0 unspecified atom stereocenters. The van der Waals surface area contributed by atoms with Crippen LogP contribution >= 0.6 is 11.6 Å². The van der Waals surface area contributed by atoms with Crippen LogP contribution in [0.15, 0.2) is 36.5 Å². The molecule has 2 aromatic heterocycles. The molecule has 148 valence electrons. The Morgan fingerprint density at radius 2 is 1.82 bits per heavy atom. The van der Waals surface area contributed by atoms with Gasteiger partial charge in [-0.05, 0) is 30.2 Å². The molecule has 7 heteroatoms. The molecular formula is C21H25ClN4O2. The maximum absolute atomic E-state index is 6.02. The van der Waals surface area contributed by atoms with Gasteiger partial charge in [-0.2, -0.15) is 0 Å². The Morgan fingerprint density at radius 3 is 2.54 bits per heavy atom. The summed E-state index contributed by atoms with van der Waals surface area (Å²) in [4.78, 5) is 12.6. The van der Waals surface area contributed by atoms with Gasteiger partial charge >= 0.3 is 0 Å². The third kappa shape index (κ3) is 3.88. The lowest BCUT2D eigenvalue weighted by Gasteiger charge is -2.35. The molecule has 1 aliphatic rings. The number of aromatic amines is 1. The highest BCUT2D eigenvalue weighted by atomic mass is 35.5. The number of hydrogen-bond acceptors (Lipinski definition) is 5. The van der Waals surface area contributed by atoms with Gasteiger partial charge in [-0.3, -0.25) is 4.90 Å². The second-order valence-electron chi connectivity index (χ2n) is 6.96. The van der Waals surface area contributed by atoms with Gasteiger partial charge in [-0.25, -0.2) is 4.98 Å². The summed E-state index contributed by atoms with van der Waals surface area (Å²) in [5.41, 5.74) is 2.37. The first kappa shape index (κ1) is 18.9. The summed E-state index contributed by atoms with van der Waals surface area (Å²) in [6, 6.07) is 9.84. The van der Waals surface area contributed by atoms with Crippen molar-refractivity contribution in [3.05, 3.63) is 47.2 Å². The Labute approximate surface area is 170 Å². The van der Waals surface area contributed by atoms with Crippen LogP contribution in [0.3, 0.4) is 0 Å². The topological polar surface area (TPSA) is 53.6 Å². The molecule has 3 heterocycles. The van der Waals surface area contributed by atoms with E-state index >= 15 is 0 Å². The molecular weight excluding hydrogens is 376 g/mol. The van der Waals surface area contributed by atoms with Crippen molar-refractivity contribution in [2.45, 2.75) is 6.42 Å². The minimum absolute atomic E-state index is 0.548. The highest BCUT2D eigenvalue weighted by Crippen LogP contribution is 2.33. The minimum Gasteiger partial charge on any atom is -0.493 e. The van der Waals surface area contributed by atoms with Crippen LogP contribution in [-0.2, 0) is 6.42 Å². The van der Waals surface area contributed by atoms with Crippen molar-refractivity contribution < 1.29 is 9.47 Å². The number of aromatic nitrogens is 2. The largest absolute Gasteiger partial charge is 0.493 e. The number of hydrogen-bond donors (Lipinski definition) is 1. The van der Waals surface area contributed by atoms with Crippen LogP contribution in [0.1, 0.15) is 5.56 Å². The quantitative estimate of drug-likeness (QED) is 0.641. The number of methoxy groups -OCH3 is 2. The van der Waals surface area contributed by atoms with Crippen molar-refractivity contribution >= 4 is 28.3 Å². The summed E-state index contributed by atoms with van der Waals surface area (Å²) in [5, 5.41) is 1.74. The predicted octanol–water partition coefficient (Wildman–Crippen LogP) is 3.60. The van der Waals surface area contributed by atoms with Crippen molar-refractivity contribution in [2.24, 2.45) is 0 Å². The molecule has 6 nitrogen and oxygen atoms in total. The molecule has 0 aliphatic carbocycles. The number of benzene rings is 1. The Bertz CT molecular complexity index is 951. The number of nitrogens with one attached hydrogen (secondary N) is 1. The molecule has 3 aromatic rings. The molecule has 0 bridgehead atoms. The second-order valence-corrected chi connectivity index (χ2v) is 7.35. The zero-order chi connectivity index (χ0) is 19.5. The smallest absolute Gasteiger partial charge is 0.162 e. The average molecular weight is 401 g/mol. The zero-order valence-corrected chi connectivity index (χ0v) is 17.0. The number of fused-ring (bicyclic) bond motifs is 1. The number of rotatable bonds is 6. The van der Waals surface area contributed by atoms with Gasteiger partial charge in [-0.1, -0.05) is 17.7 Å². The van der Waals surface area contributed by atoms with Gasteiger partial charge in [0.1, 0.15) is 11.0 Å². The van der Waals surface area contributed by atoms with E-state index in [4.69, 9.17) is 21.1 Å². The third-order valence-corrected chi connectivity index (χ3v) is 5.58. The highest BCUT2D eigenvalue weighted by molar-refractivity contribution is 6.29. The standard InChI is InChI=1S/C21H25ClN4O2/c1-27-18-12-16-15(14-23-17(16)13-19(18)28-2)6-7-25-8-10-26(11-9-25)21-5-3-4-20(22)24-21/h3-5,12-14,23H,6-11H2,1-2H3. The van der Waals surface area contributed by atoms with Gasteiger partial charge < -0.3 is 19.4 Å². The summed E-state index contributed by atoms with van der Waals surface area (Å²) in [7, 11) is 3.33. The lowest BCUT2D eigenvalue weighted by molar-refractivity contribution is 0.260. The number of anilines is 1. The molecule has 1 fully saturated rings. The molecule has 1 saturated heterocycles. The van der Waals surface area contributed by atoms with Crippen LogP contribution in [0.4, 0.5) is 5.82 Å². The summed E-state index contributed by atoms with van der Waals surface area (Å²) < 4.78 is 10.8. The van der Waals surface area contributed by atoms with Gasteiger partial charge in [0.15, 0.2) is 11.5 Å². The van der Waals surface area contributed by atoms with Crippen LogP contribution < -0.4 is 14.4 Å². The fourth-order valence-electron chi connectivity index (χ4n) is 3.77. The summed E-state index contributed by atoms with van der Waals surface area (Å²) >= 11 is 6.02. The van der Waals surface area contributed by atoms with Crippen molar-refractivity contribution in [1.29, 1.82) is 0 Å². The van der Waals surface area contributed by atoms with E-state index in [9.17, 15) is 0 Å². The lowest BCUT2D eigenvalue weighted by atomic mass is 10.1. The molecule has 0 saturated carbocycles. The van der Waals surface area contributed by atoms with Crippen molar-refractivity contribution in [3.63, 3.8) is 0 Å². The maximum Gasteiger partial charge on any atom is 0.162 e. The Hall–Kier alpha value is -2.44. The van der Waals surface area contributed by atoms with Crippen LogP contribution in [-0.4, -0.2) is 61.8 Å². The predicted molar refractivity (Wildman–Crippen MR) is 113 cm³/mol. The van der Waals surface area contributed by atoms with Gasteiger partial charge in [0, 0.05) is 55.9 Å². The SMILES string of the molecule is COc1cc2[nH]cc(CCN3CCN(c4cccc(Cl)n4)CC3)c2cc1OC. The van der Waals surface area contributed by atoms with E-state index in [0.717, 1.165) is 62.0 Å². The van der Waals surface area contributed by atoms with Crippen LogP contribution in [0.5, 0.6) is 11.5 Å². The molecule has 1 aliphatic heterocycles. The number of ether oxygens (including phenoxy) is 2. The minimum atomic E-state index is 0.548. The highest BCUT2D eigenvalue weighted by Gasteiger charge is 2.19. The first-order chi connectivity index (χ1) is 13.7. The second kappa shape index (κ2) is 8.29. The molecule has 4 rings (SSSR count). The molecule has 0 atom stereocenters.